The minimum atomic E-state index is 0.0456. The van der Waals surface area contributed by atoms with Gasteiger partial charge >= 0.3 is 0 Å². The van der Waals surface area contributed by atoms with Gasteiger partial charge in [-0.05, 0) is 36.8 Å². The Hall–Kier alpha value is -2.31. The van der Waals surface area contributed by atoms with Crippen LogP contribution in [0.1, 0.15) is 38.7 Å². The molecule has 1 amide bonds. The summed E-state index contributed by atoms with van der Waals surface area (Å²) in [6, 6.07) is 4.18. The topological polar surface area (TPSA) is 78.9 Å². The molecule has 1 atom stereocenters. The number of guanidine groups is 1. The molecule has 1 saturated heterocycles. The van der Waals surface area contributed by atoms with E-state index in [9.17, 15) is 4.79 Å². The van der Waals surface area contributed by atoms with Crippen LogP contribution in [-0.2, 0) is 11.3 Å². The SMILES string of the molecule is CN=C(NCc1ccnc(OCC2CC2)c1)NC1CCN(C(=O)C(C)C)C1. The number of nitrogens with zero attached hydrogens (tertiary/aromatic N) is 3. The number of hydrogen-bond donors (Lipinski definition) is 2. The highest BCUT2D eigenvalue weighted by Crippen LogP contribution is 2.29. The first-order chi connectivity index (χ1) is 13.0. The van der Waals surface area contributed by atoms with Gasteiger partial charge in [-0.2, -0.15) is 0 Å². The minimum absolute atomic E-state index is 0.0456. The predicted molar refractivity (Wildman–Crippen MR) is 106 cm³/mol. The van der Waals surface area contributed by atoms with Gasteiger partial charge in [0, 0.05) is 50.9 Å². The van der Waals surface area contributed by atoms with Gasteiger partial charge in [-0.15, -0.1) is 0 Å². The van der Waals surface area contributed by atoms with Crippen LogP contribution in [0.4, 0.5) is 0 Å². The van der Waals surface area contributed by atoms with Crippen molar-refractivity contribution in [3.05, 3.63) is 23.9 Å². The first kappa shape index (κ1) is 19.5. The van der Waals surface area contributed by atoms with E-state index >= 15 is 0 Å². The molecule has 7 nitrogen and oxygen atoms in total. The number of aliphatic imine (C=N–C) groups is 1. The maximum atomic E-state index is 12.1. The van der Waals surface area contributed by atoms with Crippen molar-refractivity contribution in [3.8, 4) is 5.88 Å². The Morgan fingerprint density at radius 1 is 1.41 bits per heavy atom. The van der Waals surface area contributed by atoms with Gasteiger partial charge in [0.15, 0.2) is 5.96 Å². The summed E-state index contributed by atoms with van der Waals surface area (Å²) in [5, 5.41) is 6.76. The number of ether oxygens (including phenoxy) is 1. The van der Waals surface area contributed by atoms with Gasteiger partial charge in [0.1, 0.15) is 0 Å². The van der Waals surface area contributed by atoms with Crippen molar-refractivity contribution >= 4 is 11.9 Å². The summed E-state index contributed by atoms with van der Waals surface area (Å²) in [4.78, 5) is 22.6. The number of aromatic nitrogens is 1. The third kappa shape index (κ3) is 5.84. The van der Waals surface area contributed by atoms with Gasteiger partial charge in [0.2, 0.25) is 11.8 Å². The van der Waals surface area contributed by atoms with E-state index in [0.29, 0.717) is 18.3 Å². The number of nitrogens with one attached hydrogen (secondary N) is 2. The van der Waals surface area contributed by atoms with Crippen molar-refractivity contribution in [2.24, 2.45) is 16.8 Å². The quantitative estimate of drug-likeness (QED) is 0.563. The first-order valence-electron chi connectivity index (χ1n) is 9.89. The molecule has 27 heavy (non-hydrogen) atoms. The van der Waals surface area contributed by atoms with Crippen LogP contribution in [0.5, 0.6) is 5.88 Å². The van der Waals surface area contributed by atoms with Gasteiger partial charge in [0.25, 0.3) is 0 Å². The molecule has 3 rings (SSSR count). The van der Waals surface area contributed by atoms with Crippen molar-refractivity contribution in [2.45, 2.75) is 45.7 Å². The van der Waals surface area contributed by atoms with Gasteiger partial charge in [0.05, 0.1) is 6.61 Å². The zero-order chi connectivity index (χ0) is 19.2. The van der Waals surface area contributed by atoms with Gasteiger partial charge < -0.3 is 20.3 Å². The van der Waals surface area contributed by atoms with E-state index < -0.39 is 0 Å². The summed E-state index contributed by atoms with van der Waals surface area (Å²) < 4.78 is 5.74. The van der Waals surface area contributed by atoms with Crippen molar-refractivity contribution in [1.82, 2.24) is 20.5 Å². The molecule has 1 aromatic rings. The summed E-state index contributed by atoms with van der Waals surface area (Å²) in [7, 11) is 1.76. The van der Waals surface area contributed by atoms with Crippen LogP contribution in [0.15, 0.2) is 23.3 Å². The average Bonchev–Trinajstić information content (AvgIpc) is 3.39. The molecule has 1 saturated carbocycles. The fourth-order valence-electron chi connectivity index (χ4n) is 3.14. The molecular weight excluding hydrogens is 342 g/mol. The molecule has 0 spiro atoms. The highest BCUT2D eigenvalue weighted by molar-refractivity contribution is 5.81. The lowest BCUT2D eigenvalue weighted by molar-refractivity contribution is -0.133. The number of carbonyl (C=O) groups is 1. The summed E-state index contributed by atoms with van der Waals surface area (Å²) in [6.07, 6.45) is 5.25. The lowest BCUT2D eigenvalue weighted by atomic mass is 10.2. The molecule has 1 unspecified atom stereocenters. The molecular formula is C20H31N5O2. The van der Waals surface area contributed by atoms with E-state index in [0.717, 1.165) is 37.6 Å². The standard InChI is InChI=1S/C20H31N5O2/c1-14(2)19(26)25-9-7-17(12-25)24-20(21-3)23-11-16-6-8-22-18(10-16)27-13-15-4-5-15/h6,8,10,14-15,17H,4-5,7,9,11-13H2,1-3H3,(H2,21,23,24). The molecule has 148 valence electrons. The summed E-state index contributed by atoms with van der Waals surface area (Å²) in [5.41, 5.74) is 1.10. The monoisotopic (exact) mass is 373 g/mol. The third-order valence-corrected chi connectivity index (χ3v) is 4.98. The van der Waals surface area contributed by atoms with E-state index in [-0.39, 0.29) is 17.9 Å². The van der Waals surface area contributed by atoms with Crippen LogP contribution in [0.25, 0.3) is 0 Å². The third-order valence-electron chi connectivity index (χ3n) is 4.98. The van der Waals surface area contributed by atoms with E-state index in [4.69, 9.17) is 4.74 Å². The Morgan fingerprint density at radius 2 is 2.22 bits per heavy atom. The van der Waals surface area contributed by atoms with Crippen molar-refractivity contribution < 1.29 is 9.53 Å². The molecule has 0 radical (unpaired) electrons. The highest BCUT2D eigenvalue weighted by Gasteiger charge is 2.28. The van der Waals surface area contributed by atoms with Gasteiger partial charge in [-0.1, -0.05) is 13.8 Å². The lowest BCUT2D eigenvalue weighted by Gasteiger charge is -2.20. The maximum absolute atomic E-state index is 12.1. The van der Waals surface area contributed by atoms with Crippen LogP contribution >= 0.6 is 0 Å². The fourth-order valence-corrected chi connectivity index (χ4v) is 3.14. The van der Waals surface area contributed by atoms with E-state index in [2.05, 4.69) is 20.6 Å². The van der Waals surface area contributed by atoms with Gasteiger partial charge in [-0.25, -0.2) is 4.98 Å². The Balaban J connectivity index is 1.45. The number of hydrogen-bond acceptors (Lipinski definition) is 4. The van der Waals surface area contributed by atoms with E-state index in [1.165, 1.54) is 12.8 Å². The molecule has 1 aliphatic heterocycles. The number of likely N-dealkylation sites (tertiary alicyclic amines) is 1. The van der Waals surface area contributed by atoms with E-state index in [1.54, 1.807) is 13.2 Å². The molecule has 2 N–H and O–H groups in total. The molecule has 0 bridgehead atoms. The number of carbonyl (C=O) groups excluding carboxylic acids is 1. The largest absolute Gasteiger partial charge is 0.477 e. The summed E-state index contributed by atoms with van der Waals surface area (Å²) in [5.74, 6) is 2.41. The van der Waals surface area contributed by atoms with Gasteiger partial charge in [-0.3, -0.25) is 9.79 Å². The van der Waals surface area contributed by atoms with Crippen LogP contribution in [-0.4, -0.2) is 54.5 Å². The molecule has 2 heterocycles. The van der Waals surface area contributed by atoms with Crippen LogP contribution < -0.4 is 15.4 Å². The van der Waals surface area contributed by atoms with Crippen LogP contribution in [0.3, 0.4) is 0 Å². The zero-order valence-electron chi connectivity index (χ0n) is 16.6. The summed E-state index contributed by atoms with van der Waals surface area (Å²) in [6.45, 7) is 6.83. The Labute approximate surface area is 161 Å². The maximum Gasteiger partial charge on any atom is 0.225 e. The molecule has 1 aromatic heterocycles. The normalized spacial score (nSPS) is 20.1. The number of pyridine rings is 1. The van der Waals surface area contributed by atoms with Crippen LogP contribution in [0, 0.1) is 11.8 Å². The molecule has 1 aliphatic carbocycles. The highest BCUT2D eigenvalue weighted by atomic mass is 16.5. The summed E-state index contributed by atoms with van der Waals surface area (Å²) >= 11 is 0. The van der Waals surface area contributed by atoms with Crippen molar-refractivity contribution in [1.29, 1.82) is 0 Å². The minimum Gasteiger partial charge on any atom is -0.477 e. The second-order valence-electron chi connectivity index (χ2n) is 7.75. The lowest BCUT2D eigenvalue weighted by Crippen LogP contribution is -2.45. The Bertz CT molecular complexity index is 672. The first-order valence-corrected chi connectivity index (χ1v) is 9.89. The average molecular weight is 374 g/mol. The Kier molecular flexibility index (Phi) is 6.53. The van der Waals surface area contributed by atoms with Crippen molar-refractivity contribution in [2.75, 3.05) is 26.7 Å². The Morgan fingerprint density at radius 3 is 2.93 bits per heavy atom. The zero-order valence-corrected chi connectivity index (χ0v) is 16.6. The molecule has 2 aliphatic rings. The van der Waals surface area contributed by atoms with Crippen molar-refractivity contribution in [3.63, 3.8) is 0 Å². The molecule has 0 aromatic carbocycles. The smallest absolute Gasteiger partial charge is 0.225 e. The molecule has 2 fully saturated rings. The molecule has 7 heteroatoms. The second kappa shape index (κ2) is 9.06. The number of amides is 1. The van der Waals surface area contributed by atoms with E-state index in [1.807, 2.05) is 30.9 Å². The fraction of sp³-hybridized carbons (Fsp3) is 0.650. The number of rotatable bonds is 7. The van der Waals surface area contributed by atoms with Crippen LogP contribution in [0.2, 0.25) is 0 Å². The predicted octanol–water partition coefficient (Wildman–Crippen LogP) is 1.79. The second-order valence-corrected chi connectivity index (χ2v) is 7.75.